The van der Waals surface area contributed by atoms with Crippen LogP contribution in [0.1, 0.15) is 21.5 Å². The first-order chi connectivity index (χ1) is 12.0. The van der Waals surface area contributed by atoms with Gasteiger partial charge in [0.05, 0.1) is 5.56 Å². The van der Waals surface area contributed by atoms with Crippen LogP contribution in [-0.4, -0.2) is 11.1 Å². The van der Waals surface area contributed by atoms with E-state index < -0.39 is 5.97 Å². The third kappa shape index (κ3) is 4.14. The van der Waals surface area contributed by atoms with Crippen LogP contribution < -0.4 is 0 Å². The molecule has 25 heavy (non-hydrogen) atoms. The summed E-state index contributed by atoms with van der Waals surface area (Å²) in [5.74, 6) is 4.56. The summed E-state index contributed by atoms with van der Waals surface area (Å²) in [7, 11) is 0. The molecule has 2 nitrogen and oxygen atoms in total. The van der Waals surface area contributed by atoms with E-state index in [1.165, 1.54) is 18.2 Å². The number of rotatable bonds is 2. The standard InChI is InChI=1S/C21H12BrFO2/c22-18-3-1-2-14(12-18)4-5-17-13-16(8-11-20(17)21(24)25)15-6-9-19(23)10-7-15/h1-3,6-13H,(H,24,25). The summed E-state index contributed by atoms with van der Waals surface area (Å²) in [5.41, 5.74) is 2.90. The van der Waals surface area contributed by atoms with Crippen LogP contribution in [0.4, 0.5) is 4.39 Å². The quantitative estimate of drug-likeness (QED) is 0.594. The number of carboxylic acids is 1. The van der Waals surface area contributed by atoms with Crippen LogP contribution in [-0.2, 0) is 0 Å². The maximum absolute atomic E-state index is 13.1. The van der Waals surface area contributed by atoms with Crippen LogP contribution in [0.15, 0.2) is 71.2 Å². The summed E-state index contributed by atoms with van der Waals surface area (Å²) in [4.78, 5) is 11.5. The highest BCUT2D eigenvalue weighted by Gasteiger charge is 2.10. The summed E-state index contributed by atoms with van der Waals surface area (Å²) >= 11 is 3.38. The molecule has 0 aliphatic rings. The molecule has 0 amide bonds. The van der Waals surface area contributed by atoms with Crippen LogP contribution in [0.25, 0.3) is 11.1 Å². The molecule has 3 rings (SSSR count). The molecule has 0 heterocycles. The molecule has 0 aliphatic carbocycles. The third-order valence-electron chi connectivity index (χ3n) is 3.59. The SMILES string of the molecule is O=C(O)c1ccc(-c2ccc(F)cc2)cc1C#Cc1cccc(Br)c1. The summed E-state index contributed by atoms with van der Waals surface area (Å²) < 4.78 is 14.0. The molecule has 3 aromatic carbocycles. The van der Waals surface area contributed by atoms with Crippen molar-refractivity contribution < 1.29 is 14.3 Å². The van der Waals surface area contributed by atoms with E-state index in [4.69, 9.17) is 0 Å². The van der Waals surface area contributed by atoms with Crippen molar-refractivity contribution in [3.05, 3.63) is 93.7 Å². The molecule has 0 bridgehead atoms. The Morgan fingerprint density at radius 1 is 0.920 bits per heavy atom. The minimum atomic E-state index is -1.04. The lowest BCUT2D eigenvalue weighted by Gasteiger charge is -2.05. The second-order valence-corrected chi connectivity index (χ2v) is 6.25. The van der Waals surface area contributed by atoms with Crippen LogP contribution >= 0.6 is 15.9 Å². The normalized spacial score (nSPS) is 10.0. The second kappa shape index (κ2) is 7.33. The maximum atomic E-state index is 13.1. The van der Waals surface area contributed by atoms with Crippen molar-refractivity contribution in [1.29, 1.82) is 0 Å². The average molecular weight is 395 g/mol. The molecule has 0 unspecified atom stereocenters. The van der Waals surface area contributed by atoms with Gasteiger partial charge in [0.25, 0.3) is 0 Å². The first-order valence-corrected chi connectivity index (χ1v) is 8.23. The van der Waals surface area contributed by atoms with Gasteiger partial charge in [-0.3, -0.25) is 0 Å². The highest BCUT2D eigenvalue weighted by molar-refractivity contribution is 9.10. The molecule has 0 aliphatic heterocycles. The van der Waals surface area contributed by atoms with Gasteiger partial charge in [0.2, 0.25) is 0 Å². The van der Waals surface area contributed by atoms with Gasteiger partial charge in [0, 0.05) is 15.6 Å². The molecule has 0 radical (unpaired) electrons. The molecule has 0 saturated heterocycles. The van der Waals surface area contributed by atoms with Crippen molar-refractivity contribution in [2.75, 3.05) is 0 Å². The zero-order valence-electron chi connectivity index (χ0n) is 13.0. The van der Waals surface area contributed by atoms with Gasteiger partial charge < -0.3 is 5.11 Å². The molecule has 3 aromatic rings. The molecule has 0 spiro atoms. The number of carboxylic acid groups (broad SMARTS) is 1. The molecular formula is C21H12BrFO2. The van der Waals surface area contributed by atoms with E-state index in [2.05, 4.69) is 27.8 Å². The first kappa shape index (κ1) is 16.9. The fourth-order valence-corrected chi connectivity index (χ4v) is 2.76. The Labute approximate surface area is 153 Å². The predicted molar refractivity (Wildman–Crippen MR) is 98.9 cm³/mol. The van der Waals surface area contributed by atoms with Crippen molar-refractivity contribution >= 4 is 21.9 Å². The largest absolute Gasteiger partial charge is 0.478 e. The molecule has 4 heteroatoms. The number of benzene rings is 3. The lowest BCUT2D eigenvalue weighted by molar-refractivity contribution is 0.0696. The van der Waals surface area contributed by atoms with E-state index in [1.807, 2.05) is 24.3 Å². The van der Waals surface area contributed by atoms with Crippen LogP contribution in [0, 0.1) is 17.7 Å². The van der Waals surface area contributed by atoms with Crippen molar-refractivity contribution in [3.63, 3.8) is 0 Å². The van der Waals surface area contributed by atoms with Crippen LogP contribution in [0.3, 0.4) is 0 Å². The van der Waals surface area contributed by atoms with Gasteiger partial charge in [-0.2, -0.15) is 0 Å². The third-order valence-corrected chi connectivity index (χ3v) is 4.09. The summed E-state index contributed by atoms with van der Waals surface area (Å²) in [6.07, 6.45) is 0. The van der Waals surface area contributed by atoms with Gasteiger partial charge in [-0.05, 0) is 53.6 Å². The Kier molecular flexibility index (Phi) is 4.97. The van der Waals surface area contributed by atoms with E-state index in [1.54, 1.807) is 24.3 Å². The maximum Gasteiger partial charge on any atom is 0.336 e. The lowest BCUT2D eigenvalue weighted by atomic mass is 9.99. The Bertz CT molecular complexity index is 998. The highest BCUT2D eigenvalue weighted by Crippen LogP contribution is 2.23. The molecule has 122 valence electrons. The van der Waals surface area contributed by atoms with Gasteiger partial charge in [0.15, 0.2) is 0 Å². The lowest BCUT2D eigenvalue weighted by Crippen LogP contribution is -2.00. The zero-order valence-corrected chi connectivity index (χ0v) is 14.5. The van der Waals surface area contributed by atoms with Crippen molar-refractivity contribution in [2.45, 2.75) is 0 Å². The predicted octanol–water partition coefficient (Wildman–Crippen LogP) is 5.35. The number of halogens is 2. The summed E-state index contributed by atoms with van der Waals surface area (Å²) in [6, 6.07) is 18.4. The number of aromatic carboxylic acids is 1. The monoisotopic (exact) mass is 394 g/mol. The van der Waals surface area contributed by atoms with Crippen molar-refractivity contribution in [2.24, 2.45) is 0 Å². The summed E-state index contributed by atoms with van der Waals surface area (Å²) in [6.45, 7) is 0. The molecule has 0 aromatic heterocycles. The molecular weight excluding hydrogens is 383 g/mol. The fourth-order valence-electron chi connectivity index (χ4n) is 2.36. The van der Waals surface area contributed by atoms with Gasteiger partial charge in [-0.15, -0.1) is 0 Å². The van der Waals surface area contributed by atoms with E-state index in [9.17, 15) is 14.3 Å². The molecule has 0 fully saturated rings. The van der Waals surface area contributed by atoms with Gasteiger partial charge in [-0.25, -0.2) is 9.18 Å². The summed E-state index contributed by atoms with van der Waals surface area (Å²) in [5, 5.41) is 9.38. The van der Waals surface area contributed by atoms with Crippen molar-refractivity contribution in [1.82, 2.24) is 0 Å². The average Bonchev–Trinajstić information content (AvgIpc) is 2.60. The van der Waals surface area contributed by atoms with Crippen LogP contribution in [0.2, 0.25) is 0 Å². The van der Waals surface area contributed by atoms with Gasteiger partial charge >= 0.3 is 5.97 Å². The number of carbonyl (C=O) groups is 1. The minimum Gasteiger partial charge on any atom is -0.478 e. The van der Waals surface area contributed by atoms with E-state index in [0.29, 0.717) is 5.56 Å². The molecule has 1 N–H and O–H groups in total. The van der Waals surface area contributed by atoms with Crippen molar-refractivity contribution in [3.8, 4) is 23.0 Å². The van der Waals surface area contributed by atoms with E-state index in [0.717, 1.165) is 21.2 Å². The highest BCUT2D eigenvalue weighted by atomic mass is 79.9. The zero-order chi connectivity index (χ0) is 17.8. The molecule has 0 saturated carbocycles. The Morgan fingerprint density at radius 2 is 1.64 bits per heavy atom. The fraction of sp³-hybridized carbons (Fsp3) is 0. The Hall–Kier alpha value is -2.90. The molecule has 0 atom stereocenters. The van der Waals surface area contributed by atoms with Gasteiger partial charge in [0.1, 0.15) is 5.82 Å². The Balaban J connectivity index is 2.06. The van der Waals surface area contributed by atoms with E-state index in [-0.39, 0.29) is 11.4 Å². The topological polar surface area (TPSA) is 37.3 Å². The van der Waals surface area contributed by atoms with Gasteiger partial charge in [-0.1, -0.05) is 52.0 Å². The Morgan fingerprint density at radius 3 is 2.32 bits per heavy atom. The first-order valence-electron chi connectivity index (χ1n) is 7.44. The van der Waals surface area contributed by atoms with E-state index >= 15 is 0 Å². The number of hydrogen-bond donors (Lipinski definition) is 1. The smallest absolute Gasteiger partial charge is 0.336 e. The minimum absolute atomic E-state index is 0.133. The van der Waals surface area contributed by atoms with Crippen LogP contribution in [0.5, 0.6) is 0 Å². The second-order valence-electron chi connectivity index (χ2n) is 5.33. The number of hydrogen-bond acceptors (Lipinski definition) is 1.